The van der Waals surface area contributed by atoms with E-state index in [4.69, 9.17) is 9.47 Å². The lowest BCUT2D eigenvalue weighted by molar-refractivity contribution is -0.171. The number of rotatable bonds is 2. The van der Waals surface area contributed by atoms with Crippen LogP contribution >= 0.6 is 0 Å². The second-order valence-electron chi connectivity index (χ2n) is 3.97. The average molecular weight is 214 g/mol. The van der Waals surface area contributed by atoms with Gasteiger partial charge in [-0.25, -0.2) is 0 Å². The summed E-state index contributed by atoms with van der Waals surface area (Å²) in [6.45, 7) is 7.38. The van der Waals surface area contributed by atoms with Crippen molar-refractivity contribution in [2.24, 2.45) is 11.8 Å². The van der Waals surface area contributed by atoms with Crippen LogP contribution in [0.3, 0.4) is 0 Å². The number of esters is 1. The van der Waals surface area contributed by atoms with E-state index in [0.717, 1.165) is 0 Å². The molecular weight excluding hydrogens is 196 g/mol. The van der Waals surface area contributed by atoms with Crippen LogP contribution < -0.4 is 0 Å². The Morgan fingerprint density at radius 2 is 1.93 bits per heavy atom. The molecule has 4 nitrogen and oxygen atoms in total. The van der Waals surface area contributed by atoms with Gasteiger partial charge in [0.05, 0.1) is 18.8 Å². The minimum atomic E-state index is -0.754. The first-order valence-corrected chi connectivity index (χ1v) is 5.34. The Labute approximate surface area is 89.9 Å². The lowest BCUT2D eigenvalue weighted by atomic mass is 9.84. The predicted octanol–water partition coefficient (Wildman–Crippen LogP) is 1.18. The minimum absolute atomic E-state index is 0.0697. The molecule has 86 valence electrons. The highest BCUT2D eigenvalue weighted by atomic mass is 16.5. The number of Topliss-reactive ketones (excluding diaryl/α,β-unsaturated/α-hetero) is 1. The third-order valence-electron chi connectivity index (χ3n) is 2.90. The van der Waals surface area contributed by atoms with E-state index in [1.54, 1.807) is 20.8 Å². The third-order valence-corrected chi connectivity index (χ3v) is 2.90. The SMILES string of the molecule is CCOC(=O)C1C(=O)C(C)C(C)OC1C. The zero-order valence-corrected chi connectivity index (χ0v) is 9.65. The summed E-state index contributed by atoms with van der Waals surface area (Å²) in [6, 6.07) is 0. The van der Waals surface area contributed by atoms with Crippen LogP contribution in [0.15, 0.2) is 0 Å². The second-order valence-corrected chi connectivity index (χ2v) is 3.97. The van der Waals surface area contributed by atoms with Gasteiger partial charge in [-0.1, -0.05) is 6.92 Å². The normalized spacial score (nSPS) is 36.4. The van der Waals surface area contributed by atoms with Gasteiger partial charge in [0.25, 0.3) is 0 Å². The van der Waals surface area contributed by atoms with Crippen molar-refractivity contribution in [3.8, 4) is 0 Å². The van der Waals surface area contributed by atoms with Gasteiger partial charge in [0.1, 0.15) is 5.92 Å². The maximum absolute atomic E-state index is 11.9. The van der Waals surface area contributed by atoms with E-state index in [-0.39, 0.29) is 23.9 Å². The summed E-state index contributed by atoms with van der Waals surface area (Å²) in [5.41, 5.74) is 0. The smallest absolute Gasteiger partial charge is 0.319 e. The van der Waals surface area contributed by atoms with Crippen molar-refractivity contribution in [2.75, 3.05) is 6.61 Å². The standard InChI is InChI=1S/C11H18O4/c1-5-14-11(13)9-8(4)15-7(3)6(2)10(9)12/h6-9H,5H2,1-4H3. The van der Waals surface area contributed by atoms with E-state index in [1.807, 2.05) is 6.92 Å². The Kier molecular flexibility index (Phi) is 3.85. The molecule has 0 aromatic heterocycles. The summed E-state index contributed by atoms with van der Waals surface area (Å²) in [6.07, 6.45) is -0.513. The maximum atomic E-state index is 11.9. The molecule has 4 unspecified atom stereocenters. The molecule has 4 atom stereocenters. The Bertz CT molecular complexity index is 261. The fourth-order valence-corrected chi connectivity index (χ4v) is 1.82. The minimum Gasteiger partial charge on any atom is -0.465 e. The molecule has 1 aliphatic rings. The van der Waals surface area contributed by atoms with Crippen molar-refractivity contribution < 1.29 is 19.1 Å². The zero-order chi connectivity index (χ0) is 11.6. The molecule has 0 amide bonds. The molecule has 0 saturated carbocycles. The van der Waals surface area contributed by atoms with E-state index < -0.39 is 11.9 Å². The number of ether oxygens (including phenoxy) is 2. The Morgan fingerprint density at radius 3 is 2.47 bits per heavy atom. The van der Waals surface area contributed by atoms with Gasteiger partial charge in [-0.05, 0) is 20.8 Å². The van der Waals surface area contributed by atoms with Gasteiger partial charge in [-0.15, -0.1) is 0 Å². The van der Waals surface area contributed by atoms with Crippen LogP contribution in [0.25, 0.3) is 0 Å². The summed E-state index contributed by atoms with van der Waals surface area (Å²) in [5, 5.41) is 0. The van der Waals surface area contributed by atoms with E-state index in [1.165, 1.54) is 0 Å². The van der Waals surface area contributed by atoms with E-state index in [0.29, 0.717) is 6.61 Å². The first kappa shape index (κ1) is 12.2. The van der Waals surface area contributed by atoms with Gasteiger partial charge in [0.2, 0.25) is 0 Å². The highest BCUT2D eigenvalue weighted by Crippen LogP contribution is 2.27. The Balaban J connectivity index is 2.78. The molecule has 0 aliphatic carbocycles. The molecule has 0 aromatic rings. The van der Waals surface area contributed by atoms with Gasteiger partial charge < -0.3 is 9.47 Å². The summed E-state index contributed by atoms with van der Waals surface area (Å²) < 4.78 is 10.4. The van der Waals surface area contributed by atoms with Crippen molar-refractivity contribution in [3.05, 3.63) is 0 Å². The Morgan fingerprint density at radius 1 is 1.33 bits per heavy atom. The number of hydrogen-bond acceptors (Lipinski definition) is 4. The molecular formula is C11H18O4. The molecule has 0 bridgehead atoms. The molecule has 0 N–H and O–H groups in total. The fourth-order valence-electron chi connectivity index (χ4n) is 1.82. The first-order chi connectivity index (χ1) is 6.99. The summed E-state index contributed by atoms with van der Waals surface area (Å²) in [7, 11) is 0. The molecule has 0 radical (unpaired) electrons. The van der Waals surface area contributed by atoms with Crippen LogP contribution in [0.4, 0.5) is 0 Å². The highest BCUT2D eigenvalue weighted by Gasteiger charge is 2.43. The highest BCUT2D eigenvalue weighted by molar-refractivity contribution is 6.01. The van der Waals surface area contributed by atoms with Crippen molar-refractivity contribution in [1.29, 1.82) is 0 Å². The number of ketones is 1. The maximum Gasteiger partial charge on any atom is 0.319 e. The van der Waals surface area contributed by atoms with Crippen molar-refractivity contribution in [2.45, 2.75) is 39.9 Å². The van der Waals surface area contributed by atoms with Crippen molar-refractivity contribution in [3.63, 3.8) is 0 Å². The molecule has 1 saturated heterocycles. The van der Waals surface area contributed by atoms with Gasteiger partial charge in [-0.3, -0.25) is 9.59 Å². The van der Waals surface area contributed by atoms with Crippen LogP contribution in [-0.2, 0) is 19.1 Å². The molecule has 1 rings (SSSR count). The largest absolute Gasteiger partial charge is 0.465 e. The monoisotopic (exact) mass is 214 g/mol. The van der Waals surface area contributed by atoms with Crippen molar-refractivity contribution >= 4 is 11.8 Å². The summed E-state index contributed by atoms with van der Waals surface area (Å²) in [5.74, 6) is -1.53. The van der Waals surface area contributed by atoms with Crippen LogP contribution in [0.1, 0.15) is 27.7 Å². The van der Waals surface area contributed by atoms with E-state index in [9.17, 15) is 9.59 Å². The zero-order valence-electron chi connectivity index (χ0n) is 9.65. The molecule has 0 spiro atoms. The average Bonchev–Trinajstić information content (AvgIpc) is 2.15. The first-order valence-electron chi connectivity index (χ1n) is 5.34. The van der Waals surface area contributed by atoms with Crippen LogP contribution in [0, 0.1) is 11.8 Å². The van der Waals surface area contributed by atoms with Gasteiger partial charge in [0.15, 0.2) is 5.78 Å². The summed E-state index contributed by atoms with van der Waals surface area (Å²) >= 11 is 0. The van der Waals surface area contributed by atoms with Crippen LogP contribution in [0.2, 0.25) is 0 Å². The van der Waals surface area contributed by atoms with Crippen molar-refractivity contribution in [1.82, 2.24) is 0 Å². The summed E-state index contributed by atoms with van der Waals surface area (Å²) in [4.78, 5) is 23.4. The molecule has 1 heterocycles. The van der Waals surface area contributed by atoms with E-state index >= 15 is 0 Å². The second kappa shape index (κ2) is 4.75. The topological polar surface area (TPSA) is 52.6 Å². The predicted molar refractivity (Wildman–Crippen MR) is 54.3 cm³/mol. The third kappa shape index (κ3) is 2.37. The number of carbonyl (C=O) groups is 2. The molecule has 1 fully saturated rings. The lowest BCUT2D eigenvalue weighted by Crippen LogP contribution is -2.48. The molecule has 15 heavy (non-hydrogen) atoms. The van der Waals surface area contributed by atoms with Gasteiger partial charge in [-0.2, -0.15) is 0 Å². The van der Waals surface area contributed by atoms with Crippen LogP contribution in [0.5, 0.6) is 0 Å². The van der Waals surface area contributed by atoms with Gasteiger partial charge >= 0.3 is 5.97 Å². The fraction of sp³-hybridized carbons (Fsp3) is 0.818. The molecule has 1 aliphatic heterocycles. The molecule has 0 aromatic carbocycles. The molecule has 4 heteroatoms. The lowest BCUT2D eigenvalue weighted by Gasteiger charge is -2.34. The van der Waals surface area contributed by atoms with Gasteiger partial charge in [0, 0.05) is 5.92 Å². The number of hydrogen-bond donors (Lipinski definition) is 0. The number of carbonyl (C=O) groups excluding carboxylic acids is 2. The quantitative estimate of drug-likeness (QED) is 0.511. The van der Waals surface area contributed by atoms with Crippen LogP contribution in [-0.4, -0.2) is 30.6 Å². The van der Waals surface area contributed by atoms with E-state index in [2.05, 4.69) is 0 Å². The Hall–Kier alpha value is -0.900.